The van der Waals surface area contributed by atoms with Crippen LogP contribution in [-0.4, -0.2) is 35.9 Å². The van der Waals surface area contributed by atoms with Gasteiger partial charge >= 0.3 is 0 Å². The molecule has 180 valence electrons. The van der Waals surface area contributed by atoms with Crippen molar-refractivity contribution in [2.75, 3.05) is 6.61 Å². The van der Waals surface area contributed by atoms with Crippen molar-refractivity contribution in [3.63, 3.8) is 0 Å². The number of aromatic nitrogens is 6. The maximum absolute atomic E-state index is 14.8. The molecule has 2 fully saturated rings. The van der Waals surface area contributed by atoms with Crippen LogP contribution in [0.2, 0.25) is 0 Å². The summed E-state index contributed by atoms with van der Waals surface area (Å²) in [5, 5.41) is 4.47. The maximum atomic E-state index is 14.8. The summed E-state index contributed by atoms with van der Waals surface area (Å²) < 4.78 is 37.9. The van der Waals surface area contributed by atoms with Crippen LogP contribution in [0.5, 0.6) is 0 Å². The molecule has 0 radical (unpaired) electrons. The van der Waals surface area contributed by atoms with Gasteiger partial charge in [0, 0.05) is 43.0 Å². The molecule has 1 saturated heterocycles. The van der Waals surface area contributed by atoms with E-state index in [1.54, 1.807) is 14.0 Å². The quantitative estimate of drug-likeness (QED) is 0.438. The number of fused-ring (bicyclic) bond motifs is 1. The first-order chi connectivity index (χ1) is 16.9. The van der Waals surface area contributed by atoms with Gasteiger partial charge in [0.2, 0.25) is 0 Å². The first-order valence-corrected chi connectivity index (χ1v) is 11.8. The summed E-state index contributed by atoms with van der Waals surface area (Å²) in [6.07, 6.45) is 7.25. The molecule has 0 unspecified atom stereocenters. The molecule has 0 spiro atoms. The minimum atomic E-state index is -0.770. The number of rotatable bonds is 4. The van der Waals surface area contributed by atoms with Gasteiger partial charge in [0.15, 0.2) is 5.52 Å². The summed E-state index contributed by atoms with van der Waals surface area (Å²) in [6, 6.07) is 3.78. The lowest BCUT2D eigenvalue weighted by atomic mass is 9.92. The Balaban J connectivity index is 1.45. The Morgan fingerprint density at radius 2 is 1.91 bits per heavy atom. The Labute approximate surface area is 199 Å². The maximum Gasteiger partial charge on any atom is 0.279 e. The molecule has 4 heterocycles. The van der Waals surface area contributed by atoms with Crippen molar-refractivity contribution in [1.29, 1.82) is 0 Å². The van der Waals surface area contributed by atoms with Crippen LogP contribution in [0.3, 0.4) is 0 Å². The van der Waals surface area contributed by atoms with Gasteiger partial charge in [-0.2, -0.15) is 5.10 Å². The molecule has 1 aromatic carbocycles. The van der Waals surface area contributed by atoms with E-state index in [-0.39, 0.29) is 39.9 Å². The monoisotopic (exact) mass is 478 g/mol. The van der Waals surface area contributed by atoms with Crippen LogP contribution in [0.1, 0.15) is 61.0 Å². The van der Waals surface area contributed by atoms with Gasteiger partial charge < -0.3 is 4.74 Å². The average Bonchev–Trinajstić information content (AvgIpc) is 3.59. The van der Waals surface area contributed by atoms with Crippen LogP contribution in [-0.2, 0) is 11.8 Å². The minimum Gasteiger partial charge on any atom is -0.373 e. The van der Waals surface area contributed by atoms with Crippen molar-refractivity contribution in [2.24, 2.45) is 7.05 Å². The largest absolute Gasteiger partial charge is 0.373 e. The Morgan fingerprint density at radius 3 is 2.69 bits per heavy atom. The molecular formula is C25H24F2N6O2. The van der Waals surface area contributed by atoms with Crippen molar-refractivity contribution in [3.8, 4) is 11.3 Å². The summed E-state index contributed by atoms with van der Waals surface area (Å²) in [5.74, 6) is -0.698. The summed E-state index contributed by atoms with van der Waals surface area (Å²) in [6.45, 7) is 2.18. The van der Waals surface area contributed by atoms with Crippen molar-refractivity contribution in [2.45, 2.75) is 50.7 Å². The van der Waals surface area contributed by atoms with E-state index in [0.717, 1.165) is 24.5 Å². The molecule has 6 rings (SSSR count). The zero-order valence-electron chi connectivity index (χ0n) is 19.4. The fraction of sp³-hybridized carbons (Fsp3) is 0.400. The lowest BCUT2D eigenvalue weighted by Gasteiger charge is -2.28. The fourth-order valence-electron chi connectivity index (χ4n) is 4.64. The standard InChI is InChI=1S/C25H24F2N6O2/c1-13-29-22-21(18-6-3-16(26)10-19(18)27)30-24(31-23(22)25(34)32(13)2)14-7-8-35-20(9-14)15-11-28-33(12-15)17-4-5-17/h3,6,10-12,14,17,20H,4-5,7-9H2,1-2H3/t14-,20+/m0/s1. The van der Waals surface area contributed by atoms with Crippen LogP contribution < -0.4 is 5.56 Å². The van der Waals surface area contributed by atoms with Gasteiger partial charge in [-0.25, -0.2) is 23.7 Å². The third-order valence-corrected chi connectivity index (χ3v) is 6.92. The van der Waals surface area contributed by atoms with E-state index in [4.69, 9.17) is 9.72 Å². The Hall–Kier alpha value is -3.53. The van der Waals surface area contributed by atoms with Gasteiger partial charge in [0.05, 0.1) is 18.3 Å². The summed E-state index contributed by atoms with van der Waals surface area (Å²) in [7, 11) is 1.62. The van der Waals surface area contributed by atoms with Crippen LogP contribution in [0.15, 0.2) is 35.4 Å². The van der Waals surface area contributed by atoms with Crippen LogP contribution >= 0.6 is 0 Å². The first-order valence-electron chi connectivity index (χ1n) is 11.8. The van der Waals surface area contributed by atoms with Crippen LogP contribution in [0.25, 0.3) is 22.3 Å². The van der Waals surface area contributed by atoms with E-state index in [0.29, 0.717) is 37.1 Å². The van der Waals surface area contributed by atoms with E-state index >= 15 is 0 Å². The molecule has 0 N–H and O–H groups in total. The molecule has 0 amide bonds. The molecule has 2 atom stereocenters. The molecule has 8 nitrogen and oxygen atoms in total. The summed E-state index contributed by atoms with van der Waals surface area (Å²) >= 11 is 0. The van der Waals surface area contributed by atoms with E-state index in [1.165, 1.54) is 16.7 Å². The first kappa shape index (κ1) is 22.0. The van der Waals surface area contributed by atoms with Crippen molar-refractivity contribution >= 4 is 11.0 Å². The Morgan fingerprint density at radius 1 is 1.09 bits per heavy atom. The Kier molecular flexibility index (Phi) is 5.21. The van der Waals surface area contributed by atoms with Crippen LogP contribution in [0.4, 0.5) is 8.78 Å². The molecule has 35 heavy (non-hydrogen) atoms. The van der Waals surface area contributed by atoms with Gasteiger partial charge in [-0.15, -0.1) is 0 Å². The zero-order chi connectivity index (χ0) is 24.3. The highest BCUT2D eigenvalue weighted by Crippen LogP contribution is 2.39. The predicted molar refractivity (Wildman–Crippen MR) is 124 cm³/mol. The second-order valence-electron chi connectivity index (χ2n) is 9.34. The van der Waals surface area contributed by atoms with Gasteiger partial charge in [-0.3, -0.25) is 14.0 Å². The van der Waals surface area contributed by atoms with E-state index in [9.17, 15) is 13.6 Å². The van der Waals surface area contributed by atoms with Gasteiger partial charge in [-0.05, 0) is 44.7 Å². The van der Waals surface area contributed by atoms with E-state index < -0.39 is 11.6 Å². The highest BCUT2D eigenvalue weighted by molar-refractivity contribution is 5.88. The fourth-order valence-corrected chi connectivity index (χ4v) is 4.64. The number of hydrogen-bond donors (Lipinski definition) is 0. The number of aryl methyl sites for hydroxylation is 1. The zero-order valence-corrected chi connectivity index (χ0v) is 19.4. The number of benzene rings is 1. The predicted octanol–water partition coefficient (Wildman–Crippen LogP) is 4.14. The van der Waals surface area contributed by atoms with Crippen LogP contribution in [0, 0.1) is 18.6 Å². The van der Waals surface area contributed by atoms with Gasteiger partial charge in [0.1, 0.15) is 34.5 Å². The van der Waals surface area contributed by atoms with Crippen molar-refractivity contribution < 1.29 is 13.5 Å². The van der Waals surface area contributed by atoms with E-state index in [2.05, 4.69) is 15.1 Å². The normalized spacial score (nSPS) is 20.5. The smallest absolute Gasteiger partial charge is 0.279 e. The number of ether oxygens (including phenoxy) is 1. The highest BCUT2D eigenvalue weighted by Gasteiger charge is 2.31. The third kappa shape index (κ3) is 3.91. The molecule has 1 aliphatic heterocycles. The molecule has 3 aromatic heterocycles. The number of nitrogens with zero attached hydrogens (tertiary/aromatic N) is 6. The van der Waals surface area contributed by atoms with E-state index in [1.807, 2.05) is 17.1 Å². The molecule has 1 aliphatic carbocycles. The highest BCUT2D eigenvalue weighted by atomic mass is 19.1. The molecular weight excluding hydrogens is 454 g/mol. The topological polar surface area (TPSA) is 87.7 Å². The number of hydrogen-bond acceptors (Lipinski definition) is 6. The second kappa shape index (κ2) is 8.30. The lowest BCUT2D eigenvalue weighted by Crippen LogP contribution is -2.25. The molecule has 4 aromatic rings. The molecule has 2 aliphatic rings. The Bertz CT molecular complexity index is 1510. The van der Waals surface area contributed by atoms with Crippen molar-refractivity contribution in [1.82, 2.24) is 29.3 Å². The molecule has 10 heteroatoms. The average molecular weight is 479 g/mol. The lowest BCUT2D eigenvalue weighted by molar-refractivity contribution is 0.00397. The SMILES string of the molecule is Cc1nc2c(-c3ccc(F)cc3F)nc([C@H]3CCO[C@@H](c4cnn(C5CC5)c4)C3)nc2c(=O)n1C. The number of halogens is 2. The molecule has 0 bridgehead atoms. The van der Waals surface area contributed by atoms with Crippen molar-refractivity contribution in [3.05, 3.63) is 69.8 Å². The summed E-state index contributed by atoms with van der Waals surface area (Å²) in [5.41, 5.74) is 1.25. The minimum absolute atomic E-state index is 0.0783. The summed E-state index contributed by atoms with van der Waals surface area (Å²) in [4.78, 5) is 26.9. The third-order valence-electron chi connectivity index (χ3n) is 6.92. The molecule has 1 saturated carbocycles. The van der Waals surface area contributed by atoms with Gasteiger partial charge in [-0.1, -0.05) is 0 Å². The second-order valence-corrected chi connectivity index (χ2v) is 9.34. The van der Waals surface area contributed by atoms with Gasteiger partial charge in [0.25, 0.3) is 5.56 Å².